The number of hydrogen-bond donors (Lipinski definition) is 1. The van der Waals surface area contributed by atoms with E-state index in [1.54, 1.807) is 18.2 Å². The second-order valence-corrected chi connectivity index (χ2v) is 10.0. The molecular formula is C20H19Cl2F3N2O3S. The van der Waals surface area contributed by atoms with Crippen molar-refractivity contribution in [1.82, 2.24) is 4.31 Å². The van der Waals surface area contributed by atoms with Crippen LogP contribution in [0.4, 0.5) is 18.9 Å². The molecule has 0 bridgehead atoms. The van der Waals surface area contributed by atoms with E-state index in [1.807, 2.05) is 6.92 Å². The summed E-state index contributed by atoms with van der Waals surface area (Å²) in [6, 6.07) is 7.71. The molecule has 0 radical (unpaired) electrons. The third kappa shape index (κ3) is 5.34. The number of hydrogen-bond acceptors (Lipinski definition) is 3. The average Bonchev–Trinajstić information content (AvgIpc) is 2.69. The van der Waals surface area contributed by atoms with Crippen LogP contribution >= 0.6 is 23.2 Å². The van der Waals surface area contributed by atoms with Gasteiger partial charge in [-0.15, -0.1) is 0 Å². The maximum atomic E-state index is 13.1. The van der Waals surface area contributed by atoms with Crippen molar-refractivity contribution >= 4 is 44.8 Å². The molecular weight excluding hydrogens is 476 g/mol. The van der Waals surface area contributed by atoms with E-state index in [0.29, 0.717) is 16.8 Å². The summed E-state index contributed by atoms with van der Waals surface area (Å²) < 4.78 is 66.0. The van der Waals surface area contributed by atoms with Gasteiger partial charge in [0.1, 0.15) is 0 Å². The largest absolute Gasteiger partial charge is 0.417 e. The van der Waals surface area contributed by atoms with Crippen LogP contribution in [0.5, 0.6) is 0 Å². The first kappa shape index (κ1) is 23.8. The summed E-state index contributed by atoms with van der Waals surface area (Å²) in [6.07, 6.45) is -4.31. The van der Waals surface area contributed by atoms with Gasteiger partial charge in [0.15, 0.2) is 0 Å². The second kappa shape index (κ2) is 8.97. The minimum absolute atomic E-state index is 0.00598. The van der Waals surface area contributed by atoms with E-state index in [2.05, 4.69) is 5.32 Å². The van der Waals surface area contributed by atoms with Crippen LogP contribution in [-0.2, 0) is 21.0 Å². The minimum Gasteiger partial charge on any atom is -0.325 e. The zero-order valence-electron chi connectivity index (χ0n) is 16.3. The second-order valence-electron chi connectivity index (χ2n) is 7.29. The van der Waals surface area contributed by atoms with Crippen LogP contribution in [0.3, 0.4) is 0 Å². The van der Waals surface area contributed by atoms with Gasteiger partial charge >= 0.3 is 6.18 Å². The van der Waals surface area contributed by atoms with Gasteiger partial charge in [-0.2, -0.15) is 17.5 Å². The monoisotopic (exact) mass is 494 g/mol. The molecule has 11 heteroatoms. The van der Waals surface area contributed by atoms with Gasteiger partial charge < -0.3 is 5.32 Å². The van der Waals surface area contributed by atoms with Gasteiger partial charge in [-0.25, -0.2) is 8.42 Å². The molecule has 1 aliphatic rings. The number of rotatable bonds is 4. The molecule has 168 valence electrons. The molecule has 1 amide bonds. The number of halogens is 5. The Kier molecular flexibility index (Phi) is 6.90. The fourth-order valence-corrected chi connectivity index (χ4v) is 5.35. The molecule has 31 heavy (non-hydrogen) atoms. The molecule has 1 fully saturated rings. The van der Waals surface area contributed by atoms with E-state index in [4.69, 9.17) is 23.2 Å². The summed E-state index contributed by atoms with van der Waals surface area (Å²) in [7, 11) is -4.16. The third-order valence-corrected chi connectivity index (χ3v) is 7.63. The van der Waals surface area contributed by atoms with Crippen molar-refractivity contribution in [1.29, 1.82) is 0 Å². The highest BCUT2D eigenvalue weighted by Crippen LogP contribution is 2.37. The number of alkyl halides is 3. The molecule has 3 rings (SSSR count). The van der Waals surface area contributed by atoms with Crippen molar-refractivity contribution in [3.05, 3.63) is 57.6 Å². The molecule has 0 spiro atoms. The maximum absolute atomic E-state index is 13.1. The summed E-state index contributed by atoms with van der Waals surface area (Å²) in [5.74, 6) is -0.728. The summed E-state index contributed by atoms with van der Waals surface area (Å²) >= 11 is 11.7. The number of carbonyl (C=O) groups excluding carboxylic acids is 1. The predicted molar refractivity (Wildman–Crippen MR) is 113 cm³/mol. The van der Waals surface area contributed by atoms with E-state index in [0.717, 1.165) is 22.0 Å². The Morgan fingerprint density at radius 3 is 2.29 bits per heavy atom. The molecule has 5 nitrogen and oxygen atoms in total. The number of amides is 1. The molecule has 0 aliphatic carbocycles. The van der Waals surface area contributed by atoms with Gasteiger partial charge in [0.2, 0.25) is 15.9 Å². The Morgan fingerprint density at radius 2 is 1.71 bits per heavy atom. The zero-order chi connectivity index (χ0) is 23.0. The van der Waals surface area contributed by atoms with Gasteiger partial charge in [-0.05, 0) is 55.7 Å². The molecule has 0 atom stereocenters. The number of aryl methyl sites for hydroxylation is 1. The van der Waals surface area contributed by atoms with Gasteiger partial charge in [0, 0.05) is 19.0 Å². The summed E-state index contributed by atoms with van der Waals surface area (Å²) in [5.41, 5.74) is 0.199. The third-order valence-electron chi connectivity index (χ3n) is 5.09. The molecule has 2 aromatic carbocycles. The van der Waals surface area contributed by atoms with Crippen LogP contribution in [0.1, 0.15) is 24.0 Å². The number of anilines is 1. The Bertz CT molecular complexity index is 1100. The van der Waals surface area contributed by atoms with Crippen molar-refractivity contribution in [3.63, 3.8) is 0 Å². The quantitative estimate of drug-likeness (QED) is 0.621. The number of nitrogens with one attached hydrogen (secondary N) is 1. The topological polar surface area (TPSA) is 66.5 Å². The number of piperidine rings is 1. The molecule has 1 aliphatic heterocycles. The highest BCUT2D eigenvalue weighted by atomic mass is 35.5. The number of benzene rings is 2. The predicted octanol–water partition coefficient (Wildman–Crippen LogP) is 5.36. The van der Waals surface area contributed by atoms with E-state index in [-0.39, 0.29) is 31.8 Å². The fraction of sp³-hybridized carbons (Fsp3) is 0.350. The molecule has 0 saturated carbocycles. The maximum Gasteiger partial charge on any atom is 0.417 e. The zero-order valence-corrected chi connectivity index (χ0v) is 18.7. The fourth-order valence-electron chi connectivity index (χ4n) is 3.35. The van der Waals surface area contributed by atoms with Gasteiger partial charge in [-0.1, -0.05) is 29.3 Å². The van der Waals surface area contributed by atoms with Crippen molar-refractivity contribution in [3.8, 4) is 0 Å². The first-order valence-electron chi connectivity index (χ1n) is 9.33. The Balaban J connectivity index is 1.69. The molecule has 0 unspecified atom stereocenters. The van der Waals surface area contributed by atoms with E-state index in [1.165, 1.54) is 0 Å². The van der Waals surface area contributed by atoms with Crippen LogP contribution in [0.25, 0.3) is 0 Å². The first-order chi connectivity index (χ1) is 14.4. The van der Waals surface area contributed by atoms with Crippen LogP contribution in [0.15, 0.2) is 41.3 Å². The lowest BCUT2D eigenvalue weighted by molar-refractivity contribution is -0.137. The summed E-state index contributed by atoms with van der Waals surface area (Å²) in [5, 5.41) is 2.57. The van der Waals surface area contributed by atoms with Crippen molar-refractivity contribution in [2.75, 3.05) is 18.4 Å². The number of carbonyl (C=O) groups is 1. The average molecular weight is 495 g/mol. The Hall–Kier alpha value is -1.81. The molecule has 1 N–H and O–H groups in total. The highest BCUT2D eigenvalue weighted by Gasteiger charge is 2.37. The van der Waals surface area contributed by atoms with Crippen LogP contribution in [-0.4, -0.2) is 31.7 Å². The molecule has 1 heterocycles. The van der Waals surface area contributed by atoms with Gasteiger partial charge in [0.25, 0.3) is 0 Å². The van der Waals surface area contributed by atoms with Crippen LogP contribution in [0.2, 0.25) is 10.0 Å². The highest BCUT2D eigenvalue weighted by molar-refractivity contribution is 7.89. The standard InChI is InChI=1S/C20H19Cl2F3N2O3S/c1-12-2-5-18(17(22)10-12)26-19(28)13-6-8-27(9-7-13)31(29,30)14-3-4-16(21)15(11-14)20(23,24)25/h2-5,10-11,13H,6-9H2,1H3,(H,26,28). The summed E-state index contributed by atoms with van der Waals surface area (Å²) in [6.45, 7) is 1.88. The lowest BCUT2D eigenvalue weighted by Gasteiger charge is -2.30. The van der Waals surface area contributed by atoms with E-state index >= 15 is 0 Å². The lowest BCUT2D eigenvalue weighted by Crippen LogP contribution is -2.41. The molecule has 2 aromatic rings. The first-order valence-corrected chi connectivity index (χ1v) is 11.5. The smallest absolute Gasteiger partial charge is 0.325 e. The number of nitrogens with zero attached hydrogens (tertiary/aromatic N) is 1. The van der Waals surface area contributed by atoms with Crippen LogP contribution < -0.4 is 5.32 Å². The van der Waals surface area contributed by atoms with Gasteiger partial charge in [-0.3, -0.25) is 4.79 Å². The molecule has 1 saturated heterocycles. The Morgan fingerprint density at radius 1 is 1.06 bits per heavy atom. The van der Waals surface area contributed by atoms with Crippen molar-refractivity contribution in [2.45, 2.75) is 30.8 Å². The molecule has 0 aromatic heterocycles. The normalized spacial score (nSPS) is 16.3. The summed E-state index contributed by atoms with van der Waals surface area (Å²) in [4.78, 5) is 12.1. The van der Waals surface area contributed by atoms with Crippen molar-refractivity contribution in [2.24, 2.45) is 5.92 Å². The SMILES string of the molecule is Cc1ccc(NC(=O)C2CCN(S(=O)(=O)c3ccc(Cl)c(C(F)(F)F)c3)CC2)c(Cl)c1. The van der Waals surface area contributed by atoms with Crippen LogP contribution in [0, 0.1) is 12.8 Å². The van der Waals surface area contributed by atoms with Gasteiger partial charge in [0.05, 0.1) is 26.2 Å². The van der Waals surface area contributed by atoms with E-state index in [9.17, 15) is 26.4 Å². The van der Waals surface area contributed by atoms with E-state index < -0.39 is 37.6 Å². The lowest BCUT2D eigenvalue weighted by atomic mass is 9.97. The number of sulfonamides is 1. The van der Waals surface area contributed by atoms with Crippen molar-refractivity contribution < 1.29 is 26.4 Å². The Labute approximate surface area is 188 Å². The minimum atomic E-state index is -4.77.